The van der Waals surface area contributed by atoms with Crippen LogP contribution in [0.5, 0.6) is 0 Å². The van der Waals surface area contributed by atoms with Gasteiger partial charge in [0.1, 0.15) is 5.03 Å². The number of nitrogens with two attached hydrogens (primary N) is 1. The molecule has 2 N–H and O–H groups in total. The second-order valence-corrected chi connectivity index (χ2v) is 5.69. The molecular weight excluding hydrogens is 289 g/mol. The van der Waals surface area contributed by atoms with Gasteiger partial charge in [0, 0.05) is 17.0 Å². The molecule has 0 saturated carbocycles. The zero-order chi connectivity index (χ0) is 13.3. The van der Waals surface area contributed by atoms with Gasteiger partial charge in [-0.2, -0.15) is 5.10 Å². The molecule has 0 aliphatic carbocycles. The SMILES string of the molecule is CCc1nn(C)c(Sc2cc(Cl)ccc2Cl)c1N. The summed E-state index contributed by atoms with van der Waals surface area (Å²) in [5, 5.41) is 6.56. The number of halogens is 2. The summed E-state index contributed by atoms with van der Waals surface area (Å²) in [5.41, 5.74) is 7.68. The van der Waals surface area contributed by atoms with Gasteiger partial charge in [-0.05, 0) is 24.6 Å². The van der Waals surface area contributed by atoms with E-state index >= 15 is 0 Å². The third-order valence-electron chi connectivity index (χ3n) is 2.54. The van der Waals surface area contributed by atoms with Crippen molar-refractivity contribution in [1.29, 1.82) is 0 Å². The quantitative estimate of drug-likeness (QED) is 0.931. The van der Waals surface area contributed by atoms with Gasteiger partial charge in [0.25, 0.3) is 0 Å². The minimum absolute atomic E-state index is 0.651. The summed E-state index contributed by atoms with van der Waals surface area (Å²) in [4.78, 5) is 0.876. The number of hydrogen-bond acceptors (Lipinski definition) is 3. The molecule has 96 valence electrons. The number of aromatic nitrogens is 2. The van der Waals surface area contributed by atoms with Gasteiger partial charge in [-0.15, -0.1) is 0 Å². The summed E-state index contributed by atoms with van der Waals surface area (Å²) in [6.45, 7) is 2.03. The third kappa shape index (κ3) is 2.60. The largest absolute Gasteiger partial charge is 0.395 e. The molecule has 0 atom stereocenters. The molecule has 0 amide bonds. The number of nitrogen functional groups attached to an aromatic ring is 1. The second-order valence-electron chi connectivity index (χ2n) is 3.82. The first-order valence-electron chi connectivity index (χ1n) is 5.47. The highest BCUT2D eigenvalue weighted by molar-refractivity contribution is 7.99. The van der Waals surface area contributed by atoms with E-state index in [2.05, 4.69) is 5.10 Å². The molecule has 1 heterocycles. The molecule has 3 nitrogen and oxygen atoms in total. The van der Waals surface area contributed by atoms with Crippen LogP contribution in [0.3, 0.4) is 0 Å². The van der Waals surface area contributed by atoms with Crippen molar-refractivity contribution in [2.75, 3.05) is 5.73 Å². The molecule has 0 saturated heterocycles. The molecule has 18 heavy (non-hydrogen) atoms. The summed E-state index contributed by atoms with van der Waals surface area (Å²) >= 11 is 13.6. The molecule has 0 spiro atoms. The molecule has 1 aromatic carbocycles. The first-order valence-corrected chi connectivity index (χ1v) is 7.04. The van der Waals surface area contributed by atoms with Crippen LogP contribution in [0.25, 0.3) is 0 Å². The smallest absolute Gasteiger partial charge is 0.122 e. The van der Waals surface area contributed by atoms with Crippen molar-refractivity contribution >= 4 is 40.7 Å². The van der Waals surface area contributed by atoms with E-state index < -0.39 is 0 Å². The molecule has 2 aromatic rings. The highest BCUT2D eigenvalue weighted by Crippen LogP contribution is 2.38. The Morgan fingerprint density at radius 1 is 1.39 bits per heavy atom. The molecule has 0 fully saturated rings. The van der Waals surface area contributed by atoms with E-state index in [0.717, 1.165) is 22.0 Å². The molecule has 2 rings (SSSR count). The Morgan fingerprint density at radius 2 is 2.11 bits per heavy atom. The molecule has 0 aliphatic rings. The van der Waals surface area contributed by atoms with Crippen LogP contribution in [0.2, 0.25) is 10.0 Å². The minimum atomic E-state index is 0.651. The fraction of sp³-hybridized carbons (Fsp3) is 0.250. The van der Waals surface area contributed by atoms with Gasteiger partial charge in [-0.1, -0.05) is 41.9 Å². The fourth-order valence-electron chi connectivity index (χ4n) is 1.62. The van der Waals surface area contributed by atoms with Gasteiger partial charge < -0.3 is 5.73 Å². The zero-order valence-electron chi connectivity index (χ0n) is 10.1. The normalized spacial score (nSPS) is 10.9. The lowest BCUT2D eigenvalue weighted by molar-refractivity contribution is 0.687. The Bertz CT molecular complexity index is 581. The van der Waals surface area contributed by atoms with Crippen molar-refractivity contribution in [3.8, 4) is 0 Å². The number of nitrogens with zero attached hydrogens (tertiary/aromatic N) is 2. The first-order chi connectivity index (χ1) is 8.52. The number of rotatable bonds is 3. The third-order valence-corrected chi connectivity index (χ3v) is 4.45. The van der Waals surface area contributed by atoms with Gasteiger partial charge >= 0.3 is 0 Å². The number of anilines is 1. The second kappa shape index (κ2) is 5.43. The van der Waals surface area contributed by atoms with Crippen LogP contribution in [0, 0.1) is 0 Å². The van der Waals surface area contributed by atoms with Gasteiger partial charge in [-0.3, -0.25) is 4.68 Å². The van der Waals surface area contributed by atoms with Crippen LogP contribution in [0.15, 0.2) is 28.1 Å². The van der Waals surface area contributed by atoms with Crippen molar-refractivity contribution in [3.05, 3.63) is 33.9 Å². The molecule has 6 heteroatoms. The number of aryl methyl sites for hydroxylation is 2. The van der Waals surface area contributed by atoms with E-state index in [9.17, 15) is 0 Å². The monoisotopic (exact) mass is 301 g/mol. The Labute approximate surface area is 120 Å². The van der Waals surface area contributed by atoms with Crippen LogP contribution in [0.1, 0.15) is 12.6 Å². The molecular formula is C12H13Cl2N3S. The minimum Gasteiger partial charge on any atom is -0.395 e. The van der Waals surface area contributed by atoms with Crippen LogP contribution in [0.4, 0.5) is 5.69 Å². The predicted octanol–water partition coefficient (Wildman–Crippen LogP) is 4.02. The average molecular weight is 302 g/mol. The lowest BCUT2D eigenvalue weighted by Crippen LogP contribution is -1.94. The average Bonchev–Trinajstić information content (AvgIpc) is 2.61. The zero-order valence-corrected chi connectivity index (χ0v) is 12.4. The van der Waals surface area contributed by atoms with Crippen molar-refractivity contribution < 1.29 is 0 Å². The van der Waals surface area contributed by atoms with Crippen molar-refractivity contribution in [3.63, 3.8) is 0 Å². The van der Waals surface area contributed by atoms with Crippen LogP contribution in [-0.2, 0) is 13.5 Å². The highest BCUT2D eigenvalue weighted by Gasteiger charge is 2.14. The van der Waals surface area contributed by atoms with Crippen molar-refractivity contribution in [2.24, 2.45) is 7.05 Å². The van der Waals surface area contributed by atoms with Crippen LogP contribution >= 0.6 is 35.0 Å². The predicted molar refractivity (Wildman–Crippen MR) is 77.6 cm³/mol. The lowest BCUT2D eigenvalue weighted by Gasteiger charge is -2.06. The fourth-order valence-corrected chi connectivity index (χ4v) is 3.05. The molecule has 0 unspecified atom stereocenters. The summed E-state index contributed by atoms with van der Waals surface area (Å²) in [6.07, 6.45) is 0.809. The van der Waals surface area contributed by atoms with Gasteiger partial charge in [0.2, 0.25) is 0 Å². The molecule has 0 radical (unpaired) electrons. The van der Waals surface area contributed by atoms with Crippen molar-refractivity contribution in [2.45, 2.75) is 23.3 Å². The van der Waals surface area contributed by atoms with Crippen molar-refractivity contribution in [1.82, 2.24) is 9.78 Å². The first kappa shape index (κ1) is 13.6. The van der Waals surface area contributed by atoms with E-state index in [0.29, 0.717) is 15.7 Å². The number of benzene rings is 1. The maximum absolute atomic E-state index is 6.14. The Kier molecular flexibility index (Phi) is 4.10. The maximum atomic E-state index is 6.14. The molecule has 1 aromatic heterocycles. The summed E-state index contributed by atoms with van der Waals surface area (Å²) in [6, 6.07) is 5.37. The van der Waals surface area contributed by atoms with E-state index in [1.54, 1.807) is 16.8 Å². The Balaban J connectivity index is 2.39. The highest BCUT2D eigenvalue weighted by atomic mass is 35.5. The van der Waals surface area contributed by atoms with E-state index in [1.807, 2.05) is 20.0 Å². The van der Waals surface area contributed by atoms with E-state index in [-0.39, 0.29) is 0 Å². The van der Waals surface area contributed by atoms with Gasteiger partial charge in [-0.25, -0.2) is 0 Å². The van der Waals surface area contributed by atoms with Gasteiger partial charge in [0.05, 0.1) is 16.4 Å². The number of hydrogen-bond donors (Lipinski definition) is 1. The molecule has 0 aliphatic heterocycles. The summed E-state index contributed by atoms with van der Waals surface area (Å²) < 4.78 is 1.77. The van der Waals surface area contributed by atoms with Gasteiger partial charge in [0.15, 0.2) is 0 Å². The standard InChI is InChI=1S/C12H13Cl2N3S/c1-3-9-11(15)12(17(2)16-9)18-10-6-7(13)4-5-8(10)14/h4-6H,3,15H2,1-2H3. The van der Waals surface area contributed by atoms with E-state index in [1.165, 1.54) is 11.8 Å². The van der Waals surface area contributed by atoms with Crippen LogP contribution in [-0.4, -0.2) is 9.78 Å². The summed E-state index contributed by atoms with van der Waals surface area (Å²) in [7, 11) is 1.87. The lowest BCUT2D eigenvalue weighted by atomic mass is 10.3. The topological polar surface area (TPSA) is 43.8 Å². The van der Waals surface area contributed by atoms with E-state index in [4.69, 9.17) is 28.9 Å². The maximum Gasteiger partial charge on any atom is 0.122 e. The summed E-state index contributed by atoms with van der Waals surface area (Å²) in [5.74, 6) is 0. The molecule has 0 bridgehead atoms. The Hall–Kier alpha value is -0.840. The Morgan fingerprint density at radius 3 is 2.72 bits per heavy atom. The van der Waals surface area contributed by atoms with Crippen LogP contribution < -0.4 is 5.73 Å².